The number of nitrogens with zero attached hydrogens (tertiary/aromatic N) is 1. The highest BCUT2D eigenvalue weighted by Gasteiger charge is 2.10. The Bertz CT molecular complexity index is 390. The molecule has 0 aromatic heterocycles. The maximum absolute atomic E-state index is 8.57. The molecule has 0 aliphatic heterocycles. The van der Waals surface area contributed by atoms with Gasteiger partial charge in [-0.2, -0.15) is 0 Å². The number of benzene rings is 1. The molecule has 1 unspecified atom stereocenters. The Morgan fingerprint density at radius 1 is 1.39 bits per heavy atom. The maximum atomic E-state index is 8.57. The molecule has 0 heterocycles. The average Bonchev–Trinajstić information content (AvgIpc) is 2.43. The van der Waals surface area contributed by atoms with E-state index >= 15 is 0 Å². The van der Waals surface area contributed by atoms with Crippen molar-refractivity contribution >= 4 is 5.84 Å². The van der Waals surface area contributed by atoms with Crippen LogP contribution in [0.15, 0.2) is 29.4 Å². The van der Waals surface area contributed by atoms with Gasteiger partial charge in [0.25, 0.3) is 0 Å². The van der Waals surface area contributed by atoms with Gasteiger partial charge in [-0.25, -0.2) is 0 Å². The fourth-order valence-electron chi connectivity index (χ4n) is 1.57. The van der Waals surface area contributed by atoms with Gasteiger partial charge in [-0.1, -0.05) is 24.2 Å². The Morgan fingerprint density at radius 3 is 2.50 bits per heavy atom. The molecule has 5 heteroatoms. The van der Waals surface area contributed by atoms with Crippen LogP contribution in [0.2, 0.25) is 0 Å². The van der Waals surface area contributed by atoms with Crippen molar-refractivity contribution in [1.82, 2.24) is 5.32 Å². The summed E-state index contributed by atoms with van der Waals surface area (Å²) in [4.78, 5) is 0. The molecule has 0 radical (unpaired) electrons. The minimum atomic E-state index is -0.00398. The van der Waals surface area contributed by atoms with Crippen molar-refractivity contribution < 1.29 is 9.94 Å². The first kappa shape index (κ1) is 14.3. The molecular formula is C13H21N3O2. The number of nitrogens with one attached hydrogen (secondary N) is 1. The zero-order chi connectivity index (χ0) is 13.5. The largest absolute Gasteiger partial charge is 0.497 e. The molecule has 0 saturated heterocycles. The number of hydrogen-bond donors (Lipinski definition) is 3. The monoisotopic (exact) mass is 251 g/mol. The van der Waals surface area contributed by atoms with Gasteiger partial charge >= 0.3 is 0 Å². The molecule has 1 aromatic carbocycles. The van der Waals surface area contributed by atoms with Gasteiger partial charge < -0.3 is 21.0 Å². The van der Waals surface area contributed by atoms with E-state index in [2.05, 4.69) is 17.4 Å². The highest BCUT2D eigenvalue weighted by atomic mass is 16.5. The van der Waals surface area contributed by atoms with Gasteiger partial charge in [0.2, 0.25) is 0 Å². The molecular weight excluding hydrogens is 230 g/mol. The molecule has 2 atom stereocenters. The van der Waals surface area contributed by atoms with Crippen molar-refractivity contribution in [2.75, 3.05) is 13.7 Å². The smallest absolute Gasteiger partial charge is 0.143 e. The van der Waals surface area contributed by atoms with Crippen LogP contribution in [0.1, 0.15) is 25.5 Å². The predicted molar refractivity (Wildman–Crippen MR) is 72.0 cm³/mol. The fourth-order valence-corrected chi connectivity index (χ4v) is 1.57. The first-order valence-electron chi connectivity index (χ1n) is 5.93. The molecule has 0 spiro atoms. The van der Waals surface area contributed by atoms with Crippen molar-refractivity contribution in [3.63, 3.8) is 0 Å². The third-order valence-corrected chi connectivity index (χ3v) is 2.97. The average molecular weight is 251 g/mol. The van der Waals surface area contributed by atoms with Crippen LogP contribution < -0.4 is 15.8 Å². The summed E-state index contributed by atoms with van der Waals surface area (Å²) in [6, 6.07) is 8.10. The number of nitrogens with two attached hydrogens (primary N) is 1. The van der Waals surface area contributed by atoms with Crippen molar-refractivity contribution in [2.45, 2.75) is 19.9 Å². The van der Waals surface area contributed by atoms with Crippen molar-refractivity contribution in [3.05, 3.63) is 29.8 Å². The number of methoxy groups -OCH3 is 1. The molecule has 1 aromatic rings. The normalized spacial score (nSPS) is 15.2. The Labute approximate surface area is 108 Å². The maximum Gasteiger partial charge on any atom is 0.143 e. The topological polar surface area (TPSA) is 79.9 Å². The van der Waals surface area contributed by atoms with Crippen LogP contribution in [0, 0.1) is 5.92 Å². The second-order valence-corrected chi connectivity index (χ2v) is 4.33. The van der Waals surface area contributed by atoms with E-state index in [1.54, 1.807) is 7.11 Å². The lowest BCUT2D eigenvalue weighted by atomic mass is 10.1. The lowest BCUT2D eigenvalue weighted by molar-refractivity contribution is 0.313. The van der Waals surface area contributed by atoms with E-state index < -0.39 is 0 Å². The minimum absolute atomic E-state index is 0.00398. The molecule has 1 rings (SSSR count). The van der Waals surface area contributed by atoms with Crippen LogP contribution in [0.4, 0.5) is 0 Å². The summed E-state index contributed by atoms with van der Waals surface area (Å²) in [6.45, 7) is 4.63. The molecule has 100 valence electrons. The molecule has 0 amide bonds. The number of amidine groups is 1. The summed E-state index contributed by atoms with van der Waals surface area (Å²) < 4.78 is 5.11. The Balaban J connectivity index is 2.52. The van der Waals surface area contributed by atoms with Crippen LogP contribution in [0.25, 0.3) is 0 Å². The van der Waals surface area contributed by atoms with Gasteiger partial charge in [0.15, 0.2) is 0 Å². The molecule has 4 N–H and O–H groups in total. The zero-order valence-corrected chi connectivity index (χ0v) is 11.1. The van der Waals surface area contributed by atoms with E-state index in [-0.39, 0.29) is 17.8 Å². The number of ether oxygens (including phenoxy) is 1. The van der Waals surface area contributed by atoms with Crippen LogP contribution in [0.3, 0.4) is 0 Å². The van der Waals surface area contributed by atoms with E-state index in [4.69, 9.17) is 15.7 Å². The number of oxime groups is 1. The third-order valence-electron chi connectivity index (χ3n) is 2.97. The molecule has 0 aliphatic carbocycles. The van der Waals surface area contributed by atoms with E-state index in [0.29, 0.717) is 6.54 Å². The summed E-state index contributed by atoms with van der Waals surface area (Å²) in [6.07, 6.45) is 0. The van der Waals surface area contributed by atoms with Crippen LogP contribution in [-0.2, 0) is 0 Å². The molecule has 0 saturated carbocycles. The molecule has 5 nitrogen and oxygen atoms in total. The van der Waals surface area contributed by atoms with Gasteiger partial charge in [0.1, 0.15) is 11.6 Å². The van der Waals surface area contributed by atoms with E-state index in [9.17, 15) is 0 Å². The van der Waals surface area contributed by atoms with E-state index in [1.165, 1.54) is 5.56 Å². The minimum Gasteiger partial charge on any atom is -0.497 e. The molecule has 0 fully saturated rings. The molecule has 0 bridgehead atoms. The van der Waals surface area contributed by atoms with Gasteiger partial charge in [-0.3, -0.25) is 0 Å². The predicted octanol–water partition coefficient (Wildman–Crippen LogP) is 1.73. The highest BCUT2D eigenvalue weighted by Crippen LogP contribution is 2.17. The first-order valence-corrected chi connectivity index (χ1v) is 5.93. The summed E-state index contributed by atoms with van der Waals surface area (Å²) in [5.41, 5.74) is 6.69. The van der Waals surface area contributed by atoms with Gasteiger partial charge in [-0.05, 0) is 24.6 Å². The highest BCUT2D eigenvalue weighted by molar-refractivity contribution is 5.82. The molecule has 0 aliphatic rings. The van der Waals surface area contributed by atoms with Crippen LogP contribution in [0.5, 0.6) is 5.75 Å². The van der Waals surface area contributed by atoms with Crippen LogP contribution in [-0.4, -0.2) is 24.7 Å². The van der Waals surface area contributed by atoms with Gasteiger partial charge in [-0.15, -0.1) is 0 Å². The quantitative estimate of drug-likeness (QED) is 0.311. The van der Waals surface area contributed by atoms with Crippen LogP contribution >= 0.6 is 0 Å². The summed E-state index contributed by atoms with van der Waals surface area (Å²) in [7, 11) is 1.65. The van der Waals surface area contributed by atoms with E-state index in [0.717, 1.165) is 5.75 Å². The second-order valence-electron chi connectivity index (χ2n) is 4.33. The summed E-state index contributed by atoms with van der Waals surface area (Å²) in [5, 5.41) is 14.9. The lowest BCUT2D eigenvalue weighted by Gasteiger charge is -2.17. The zero-order valence-electron chi connectivity index (χ0n) is 11.1. The summed E-state index contributed by atoms with van der Waals surface area (Å²) in [5.74, 6) is 1.08. The van der Waals surface area contributed by atoms with Crippen molar-refractivity contribution in [3.8, 4) is 5.75 Å². The van der Waals surface area contributed by atoms with Gasteiger partial charge in [0, 0.05) is 18.5 Å². The Kier molecular flexibility index (Phi) is 5.45. The Morgan fingerprint density at radius 2 is 2.00 bits per heavy atom. The van der Waals surface area contributed by atoms with Gasteiger partial charge in [0.05, 0.1) is 7.11 Å². The number of hydrogen-bond acceptors (Lipinski definition) is 4. The van der Waals surface area contributed by atoms with E-state index in [1.807, 2.05) is 31.2 Å². The third kappa shape index (κ3) is 3.92. The number of rotatable bonds is 6. The first-order chi connectivity index (χ1) is 8.58. The molecule has 18 heavy (non-hydrogen) atoms. The van der Waals surface area contributed by atoms with Crippen molar-refractivity contribution in [2.24, 2.45) is 16.8 Å². The van der Waals surface area contributed by atoms with Crippen molar-refractivity contribution in [1.29, 1.82) is 0 Å². The Hall–Kier alpha value is -1.75. The fraction of sp³-hybridized carbons (Fsp3) is 0.462. The second kappa shape index (κ2) is 6.86. The SMILES string of the molecule is COc1ccc([C@@H](C)NCC(C)/C(N)=N/O)cc1. The summed E-state index contributed by atoms with van der Waals surface area (Å²) >= 11 is 0. The lowest BCUT2D eigenvalue weighted by Crippen LogP contribution is -2.32. The standard InChI is InChI=1S/C13H21N3O2/c1-9(13(14)16-17)8-15-10(2)11-4-6-12(18-3)7-5-11/h4-7,9-10,15,17H,8H2,1-3H3,(H2,14,16)/t9?,10-/m1/s1.